The second kappa shape index (κ2) is 7.91. The quantitative estimate of drug-likeness (QED) is 0.855. The van der Waals surface area contributed by atoms with Gasteiger partial charge in [-0.15, -0.1) is 0 Å². The Hall–Kier alpha value is -2.02. The Labute approximate surface area is 147 Å². The van der Waals surface area contributed by atoms with E-state index in [0.717, 1.165) is 23.8 Å². The van der Waals surface area contributed by atoms with Crippen LogP contribution in [0.15, 0.2) is 60.0 Å². The maximum Gasteiger partial charge on any atom is 0.234 e. The van der Waals surface area contributed by atoms with Crippen molar-refractivity contribution < 1.29 is 17.5 Å². The molecule has 2 atom stereocenters. The Morgan fingerprint density at radius 3 is 2.48 bits per heavy atom. The van der Waals surface area contributed by atoms with Crippen molar-refractivity contribution in [1.82, 2.24) is 4.72 Å². The lowest BCUT2D eigenvalue weighted by molar-refractivity contribution is 0.0853. The molecule has 0 aliphatic carbocycles. The average molecular weight is 361 g/mol. The smallest absolute Gasteiger partial charge is 0.234 e. The maximum atomic E-state index is 13.2. The Bertz CT molecular complexity index is 814. The van der Waals surface area contributed by atoms with Gasteiger partial charge in [-0.2, -0.15) is 0 Å². The van der Waals surface area contributed by atoms with E-state index in [1.54, 1.807) is 18.2 Å². The SMILES string of the molecule is O=S(=O)(/C=C/c1ccccc1)NC(c1ccc(F)cc1)C1CCCO1. The molecule has 25 heavy (non-hydrogen) atoms. The highest BCUT2D eigenvalue weighted by atomic mass is 32.2. The first-order chi connectivity index (χ1) is 12.0. The van der Waals surface area contributed by atoms with Crippen molar-refractivity contribution in [2.45, 2.75) is 25.0 Å². The highest BCUT2D eigenvalue weighted by molar-refractivity contribution is 7.92. The lowest BCUT2D eigenvalue weighted by Gasteiger charge is -2.23. The van der Waals surface area contributed by atoms with Gasteiger partial charge in [-0.25, -0.2) is 17.5 Å². The molecule has 0 amide bonds. The lowest BCUT2D eigenvalue weighted by atomic mass is 10.0. The lowest BCUT2D eigenvalue weighted by Crippen LogP contribution is -2.35. The topological polar surface area (TPSA) is 55.4 Å². The second-order valence-electron chi connectivity index (χ2n) is 5.96. The third kappa shape index (κ3) is 4.98. The van der Waals surface area contributed by atoms with Crippen molar-refractivity contribution in [3.05, 3.63) is 76.9 Å². The van der Waals surface area contributed by atoms with Crippen LogP contribution in [0.2, 0.25) is 0 Å². The molecular formula is C19H20FNO3S. The molecule has 0 aromatic heterocycles. The van der Waals surface area contributed by atoms with Crippen LogP contribution in [0, 0.1) is 5.82 Å². The van der Waals surface area contributed by atoms with E-state index in [9.17, 15) is 12.8 Å². The van der Waals surface area contributed by atoms with Crippen LogP contribution in [-0.4, -0.2) is 21.1 Å². The Morgan fingerprint density at radius 1 is 1.12 bits per heavy atom. The average Bonchev–Trinajstić information content (AvgIpc) is 3.14. The van der Waals surface area contributed by atoms with Gasteiger partial charge in [-0.3, -0.25) is 0 Å². The minimum Gasteiger partial charge on any atom is -0.376 e. The van der Waals surface area contributed by atoms with Crippen molar-refractivity contribution in [1.29, 1.82) is 0 Å². The van der Waals surface area contributed by atoms with Gasteiger partial charge in [-0.1, -0.05) is 42.5 Å². The number of hydrogen-bond donors (Lipinski definition) is 1. The van der Waals surface area contributed by atoms with Gasteiger partial charge < -0.3 is 4.74 Å². The Kier molecular flexibility index (Phi) is 5.63. The molecule has 3 rings (SSSR count). The van der Waals surface area contributed by atoms with Gasteiger partial charge in [0.1, 0.15) is 5.82 Å². The standard InChI is InChI=1S/C19H20FNO3S/c20-17-10-8-16(9-11-17)19(18-7-4-13-24-18)21-25(22,23)14-12-15-5-2-1-3-6-15/h1-3,5-6,8-12,14,18-19,21H,4,7,13H2/b14-12+. The zero-order valence-corrected chi connectivity index (χ0v) is 14.5. The third-order valence-electron chi connectivity index (χ3n) is 4.10. The molecule has 0 saturated carbocycles. The van der Waals surface area contributed by atoms with E-state index in [1.807, 2.05) is 30.3 Å². The summed E-state index contributed by atoms with van der Waals surface area (Å²) in [5, 5.41) is 1.15. The van der Waals surface area contributed by atoms with Crippen LogP contribution in [0.5, 0.6) is 0 Å². The molecule has 0 spiro atoms. The van der Waals surface area contributed by atoms with E-state index in [4.69, 9.17) is 4.74 Å². The number of ether oxygens (including phenoxy) is 1. The van der Waals surface area contributed by atoms with E-state index in [0.29, 0.717) is 12.2 Å². The number of benzene rings is 2. The number of rotatable bonds is 6. The molecule has 132 valence electrons. The molecule has 2 aromatic rings. The monoisotopic (exact) mass is 361 g/mol. The predicted molar refractivity (Wildman–Crippen MR) is 95.6 cm³/mol. The summed E-state index contributed by atoms with van der Waals surface area (Å²) >= 11 is 0. The van der Waals surface area contributed by atoms with Crippen molar-refractivity contribution in [3.8, 4) is 0 Å². The fourth-order valence-corrected chi connectivity index (χ4v) is 3.90. The van der Waals surface area contributed by atoms with Gasteiger partial charge in [-0.05, 0) is 42.2 Å². The fourth-order valence-electron chi connectivity index (χ4n) is 2.84. The first kappa shape index (κ1) is 17.8. The molecule has 0 bridgehead atoms. The van der Waals surface area contributed by atoms with Crippen molar-refractivity contribution in [2.75, 3.05) is 6.61 Å². The van der Waals surface area contributed by atoms with Gasteiger partial charge in [0.2, 0.25) is 10.0 Å². The number of sulfonamides is 1. The van der Waals surface area contributed by atoms with E-state index < -0.39 is 16.1 Å². The fraction of sp³-hybridized carbons (Fsp3) is 0.263. The molecule has 1 heterocycles. The van der Waals surface area contributed by atoms with Crippen LogP contribution < -0.4 is 4.72 Å². The Morgan fingerprint density at radius 2 is 1.84 bits per heavy atom. The molecule has 6 heteroatoms. The van der Waals surface area contributed by atoms with Gasteiger partial charge >= 0.3 is 0 Å². The van der Waals surface area contributed by atoms with Crippen molar-refractivity contribution in [2.24, 2.45) is 0 Å². The van der Waals surface area contributed by atoms with Crippen molar-refractivity contribution >= 4 is 16.1 Å². The van der Waals surface area contributed by atoms with Crippen LogP contribution in [0.4, 0.5) is 4.39 Å². The van der Waals surface area contributed by atoms with Crippen LogP contribution in [0.25, 0.3) is 6.08 Å². The normalized spacial score (nSPS) is 19.3. The summed E-state index contributed by atoms with van der Waals surface area (Å²) in [6.07, 6.45) is 2.92. The molecule has 1 aliphatic heterocycles. The summed E-state index contributed by atoms with van der Waals surface area (Å²) in [5.41, 5.74) is 1.48. The molecule has 2 aromatic carbocycles. The van der Waals surface area contributed by atoms with E-state index in [-0.39, 0.29) is 11.9 Å². The minimum absolute atomic E-state index is 0.259. The number of hydrogen-bond acceptors (Lipinski definition) is 3. The molecule has 2 unspecified atom stereocenters. The Balaban J connectivity index is 1.81. The highest BCUT2D eigenvalue weighted by Gasteiger charge is 2.30. The van der Waals surface area contributed by atoms with Crippen molar-refractivity contribution in [3.63, 3.8) is 0 Å². The largest absolute Gasteiger partial charge is 0.376 e. The molecule has 0 radical (unpaired) electrons. The van der Waals surface area contributed by atoms with Crippen LogP contribution in [-0.2, 0) is 14.8 Å². The molecule has 1 fully saturated rings. The first-order valence-electron chi connectivity index (χ1n) is 8.16. The zero-order valence-electron chi connectivity index (χ0n) is 13.6. The number of halogens is 1. The molecule has 4 nitrogen and oxygen atoms in total. The van der Waals surface area contributed by atoms with E-state index in [1.165, 1.54) is 12.1 Å². The molecule has 1 aliphatic rings. The predicted octanol–water partition coefficient (Wildman–Crippen LogP) is 3.64. The summed E-state index contributed by atoms with van der Waals surface area (Å²) in [6, 6.07) is 14.5. The van der Waals surface area contributed by atoms with Gasteiger partial charge in [0.05, 0.1) is 12.1 Å². The summed E-state index contributed by atoms with van der Waals surface area (Å²) in [4.78, 5) is 0. The van der Waals surface area contributed by atoms with E-state index >= 15 is 0 Å². The van der Waals surface area contributed by atoms with E-state index in [2.05, 4.69) is 4.72 Å². The van der Waals surface area contributed by atoms with Gasteiger partial charge in [0.15, 0.2) is 0 Å². The minimum atomic E-state index is -3.68. The summed E-state index contributed by atoms with van der Waals surface area (Å²) in [5.74, 6) is -0.360. The summed E-state index contributed by atoms with van der Waals surface area (Å²) < 4.78 is 46.5. The van der Waals surface area contributed by atoms with Crippen LogP contribution in [0.1, 0.15) is 30.0 Å². The van der Waals surface area contributed by atoms with Gasteiger partial charge in [0.25, 0.3) is 0 Å². The molecule has 1 saturated heterocycles. The summed E-state index contributed by atoms with van der Waals surface area (Å²) in [7, 11) is -3.68. The first-order valence-corrected chi connectivity index (χ1v) is 9.71. The second-order valence-corrected chi connectivity index (χ2v) is 7.55. The number of nitrogens with one attached hydrogen (secondary N) is 1. The van der Waals surface area contributed by atoms with Gasteiger partial charge in [0, 0.05) is 12.0 Å². The summed E-state index contributed by atoms with van der Waals surface area (Å²) in [6.45, 7) is 0.601. The van der Waals surface area contributed by atoms with Crippen LogP contribution >= 0.6 is 0 Å². The zero-order chi connectivity index (χ0) is 17.7. The molecule has 1 N–H and O–H groups in total. The van der Waals surface area contributed by atoms with Crippen LogP contribution in [0.3, 0.4) is 0 Å². The highest BCUT2D eigenvalue weighted by Crippen LogP contribution is 2.28. The third-order valence-corrected chi connectivity index (χ3v) is 5.17. The maximum absolute atomic E-state index is 13.2. The molecular weight excluding hydrogens is 341 g/mol.